The monoisotopic (exact) mass is 184 g/mol. The highest BCUT2D eigenvalue weighted by molar-refractivity contribution is 5.97. The van der Waals surface area contributed by atoms with E-state index in [0.717, 1.165) is 0 Å². The summed E-state index contributed by atoms with van der Waals surface area (Å²) in [4.78, 5) is 22.4. The highest BCUT2D eigenvalue weighted by atomic mass is 16.6. The van der Waals surface area contributed by atoms with Crippen LogP contribution in [0, 0.1) is 0 Å². The van der Waals surface area contributed by atoms with Gasteiger partial charge in [0.25, 0.3) is 0 Å². The second-order valence-electron chi connectivity index (χ2n) is 3.99. The number of esters is 2. The number of nitrogens with two attached hydrogens (primary N) is 2. The van der Waals surface area contributed by atoms with Crippen LogP contribution >= 0.6 is 0 Å². The van der Waals surface area contributed by atoms with Gasteiger partial charge < -0.3 is 16.2 Å². The summed E-state index contributed by atoms with van der Waals surface area (Å²) < 4.78 is 4.58. The first-order valence-corrected chi connectivity index (χ1v) is 4.31. The van der Waals surface area contributed by atoms with Gasteiger partial charge in [-0.05, 0) is 25.7 Å². The largest absolute Gasteiger partial charge is 0.390 e. The molecule has 4 N–H and O–H groups in total. The van der Waals surface area contributed by atoms with Crippen LogP contribution in [0.2, 0.25) is 0 Å². The van der Waals surface area contributed by atoms with Gasteiger partial charge in [-0.25, -0.2) is 9.59 Å². The summed E-state index contributed by atoms with van der Waals surface area (Å²) in [5.41, 5.74) is 9.27. The van der Waals surface area contributed by atoms with Crippen molar-refractivity contribution in [1.82, 2.24) is 0 Å². The minimum atomic E-state index is -0.902. The van der Waals surface area contributed by atoms with Crippen LogP contribution in [0.15, 0.2) is 0 Å². The van der Waals surface area contributed by atoms with E-state index < -0.39 is 23.0 Å². The van der Waals surface area contributed by atoms with E-state index in [9.17, 15) is 9.59 Å². The van der Waals surface area contributed by atoms with Gasteiger partial charge in [-0.15, -0.1) is 0 Å². The molecule has 2 aliphatic rings. The lowest BCUT2D eigenvalue weighted by molar-refractivity contribution is -0.163. The van der Waals surface area contributed by atoms with Gasteiger partial charge in [-0.1, -0.05) is 0 Å². The van der Waals surface area contributed by atoms with Gasteiger partial charge >= 0.3 is 11.9 Å². The molecule has 0 aromatic carbocycles. The molecule has 2 fully saturated rings. The number of hydrogen-bond donors (Lipinski definition) is 2. The summed E-state index contributed by atoms with van der Waals surface area (Å²) in [6.07, 6.45) is 2.38. The first-order chi connectivity index (χ1) is 5.96. The molecular weight excluding hydrogens is 172 g/mol. The molecule has 0 aromatic rings. The van der Waals surface area contributed by atoms with E-state index in [4.69, 9.17) is 11.5 Å². The second kappa shape index (κ2) is 2.30. The highest BCUT2D eigenvalue weighted by Crippen LogP contribution is 2.37. The van der Waals surface area contributed by atoms with Crippen molar-refractivity contribution >= 4 is 11.9 Å². The molecule has 72 valence electrons. The molecule has 0 aromatic heterocycles. The van der Waals surface area contributed by atoms with Gasteiger partial charge in [0.15, 0.2) is 0 Å². The Hall–Kier alpha value is -0.940. The Morgan fingerprint density at radius 3 is 1.46 bits per heavy atom. The summed E-state index contributed by atoms with van der Waals surface area (Å²) >= 11 is 0. The van der Waals surface area contributed by atoms with Gasteiger partial charge in [-0.2, -0.15) is 0 Å². The van der Waals surface area contributed by atoms with Crippen LogP contribution in [-0.4, -0.2) is 23.0 Å². The Bertz CT molecular complexity index is 251. The van der Waals surface area contributed by atoms with Gasteiger partial charge in [0, 0.05) is 0 Å². The molecule has 0 unspecified atom stereocenters. The van der Waals surface area contributed by atoms with Crippen LogP contribution in [-0.2, 0) is 14.3 Å². The lowest BCUT2D eigenvalue weighted by atomic mass is 10.3. The summed E-state index contributed by atoms with van der Waals surface area (Å²) in [5.74, 6) is -1.26. The Balaban J connectivity index is 1.91. The molecule has 0 radical (unpaired) electrons. The first-order valence-electron chi connectivity index (χ1n) is 4.31. The third kappa shape index (κ3) is 1.45. The third-order valence-corrected chi connectivity index (χ3v) is 2.58. The highest BCUT2D eigenvalue weighted by Gasteiger charge is 2.53. The van der Waals surface area contributed by atoms with Crippen LogP contribution < -0.4 is 11.5 Å². The Morgan fingerprint density at radius 2 is 1.23 bits per heavy atom. The fourth-order valence-corrected chi connectivity index (χ4v) is 0.965. The Morgan fingerprint density at radius 1 is 0.923 bits per heavy atom. The van der Waals surface area contributed by atoms with E-state index in [2.05, 4.69) is 4.74 Å². The van der Waals surface area contributed by atoms with E-state index in [1.807, 2.05) is 0 Å². The molecule has 2 saturated carbocycles. The third-order valence-electron chi connectivity index (χ3n) is 2.58. The quantitative estimate of drug-likeness (QED) is 0.425. The van der Waals surface area contributed by atoms with E-state index in [1.165, 1.54) is 0 Å². The van der Waals surface area contributed by atoms with E-state index in [0.29, 0.717) is 25.7 Å². The Labute approximate surface area is 75.4 Å². The van der Waals surface area contributed by atoms with Crippen molar-refractivity contribution in [3.05, 3.63) is 0 Å². The van der Waals surface area contributed by atoms with Crippen molar-refractivity contribution in [2.45, 2.75) is 36.8 Å². The molecule has 2 aliphatic carbocycles. The molecule has 0 bridgehead atoms. The maximum atomic E-state index is 11.2. The average Bonchev–Trinajstić information content (AvgIpc) is 2.92. The van der Waals surface area contributed by atoms with Gasteiger partial charge in [0.05, 0.1) is 0 Å². The zero-order chi connectivity index (χ0) is 9.69. The summed E-state index contributed by atoms with van der Waals surface area (Å²) in [6, 6.07) is 0. The summed E-state index contributed by atoms with van der Waals surface area (Å²) in [5, 5.41) is 0. The predicted molar refractivity (Wildman–Crippen MR) is 43.4 cm³/mol. The fourth-order valence-electron chi connectivity index (χ4n) is 0.965. The molecule has 0 heterocycles. The zero-order valence-electron chi connectivity index (χ0n) is 7.21. The maximum absolute atomic E-state index is 11.2. The summed E-state index contributed by atoms with van der Waals surface area (Å²) in [6.45, 7) is 0. The minimum absolute atomic E-state index is 0.594. The van der Waals surface area contributed by atoms with Gasteiger partial charge in [0.1, 0.15) is 11.1 Å². The number of hydrogen-bond acceptors (Lipinski definition) is 5. The predicted octanol–water partition coefficient (Wildman–Crippen LogP) is -0.961. The summed E-state index contributed by atoms with van der Waals surface area (Å²) in [7, 11) is 0. The number of ether oxygens (including phenoxy) is 1. The zero-order valence-corrected chi connectivity index (χ0v) is 7.21. The number of rotatable bonds is 2. The molecular formula is C8H12N2O3. The van der Waals surface area contributed by atoms with E-state index >= 15 is 0 Å². The van der Waals surface area contributed by atoms with Crippen LogP contribution in [0.3, 0.4) is 0 Å². The smallest absolute Gasteiger partial charge is 0.333 e. The normalized spacial score (nSPS) is 26.3. The van der Waals surface area contributed by atoms with Crippen molar-refractivity contribution in [1.29, 1.82) is 0 Å². The molecule has 0 atom stereocenters. The molecule has 0 aliphatic heterocycles. The fraction of sp³-hybridized carbons (Fsp3) is 0.750. The van der Waals surface area contributed by atoms with Gasteiger partial charge in [-0.3, -0.25) is 0 Å². The standard InChI is InChI=1S/C8H12N2O3/c9-7(1-2-7)5(11)13-6(12)8(10)3-4-8/h1-4,9-10H2. The molecule has 13 heavy (non-hydrogen) atoms. The Kier molecular flexibility index (Phi) is 1.53. The molecule has 0 saturated heterocycles. The molecule has 5 nitrogen and oxygen atoms in total. The van der Waals surface area contributed by atoms with Crippen LogP contribution in [0.1, 0.15) is 25.7 Å². The first kappa shape index (κ1) is 8.65. The van der Waals surface area contributed by atoms with Crippen molar-refractivity contribution < 1.29 is 14.3 Å². The SMILES string of the molecule is NC1(C(=O)OC(=O)C2(N)CC2)CC1. The molecule has 0 spiro atoms. The van der Waals surface area contributed by atoms with Crippen molar-refractivity contribution in [3.63, 3.8) is 0 Å². The molecule has 0 amide bonds. The minimum Gasteiger partial charge on any atom is -0.390 e. The molecule has 2 rings (SSSR count). The van der Waals surface area contributed by atoms with Crippen LogP contribution in [0.25, 0.3) is 0 Å². The number of carbonyl (C=O) groups is 2. The van der Waals surface area contributed by atoms with Gasteiger partial charge in [0.2, 0.25) is 0 Å². The lowest BCUT2D eigenvalue weighted by Gasteiger charge is -2.10. The second-order valence-corrected chi connectivity index (χ2v) is 3.99. The van der Waals surface area contributed by atoms with Crippen LogP contribution in [0.5, 0.6) is 0 Å². The van der Waals surface area contributed by atoms with Crippen molar-refractivity contribution in [2.24, 2.45) is 11.5 Å². The van der Waals surface area contributed by atoms with Crippen molar-refractivity contribution in [3.8, 4) is 0 Å². The topological polar surface area (TPSA) is 95.4 Å². The molecule has 5 heteroatoms. The van der Waals surface area contributed by atoms with Crippen LogP contribution in [0.4, 0.5) is 0 Å². The van der Waals surface area contributed by atoms with Crippen molar-refractivity contribution in [2.75, 3.05) is 0 Å². The number of carbonyl (C=O) groups excluding carboxylic acids is 2. The van der Waals surface area contributed by atoms with E-state index in [1.54, 1.807) is 0 Å². The lowest BCUT2D eigenvalue weighted by Crippen LogP contribution is -2.42. The van der Waals surface area contributed by atoms with E-state index in [-0.39, 0.29) is 0 Å². The maximum Gasteiger partial charge on any atom is 0.333 e. The average molecular weight is 184 g/mol.